The largest absolute Gasteiger partial charge is 0.481 e. The number of carbonyl (C=O) groups is 2. The zero-order chi connectivity index (χ0) is 10.8. The number of allylic oxidation sites excluding steroid dienone is 1. The third kappa shape index (κ3) is 8.77. The molecule has 0 aliphatic heterocycles. The summed E-state index contributed by atoms with van der Waals surface area (Å²) in [4.78, 5) is 20.9. The molecule has 0 amide bonds. The van der Waals surface area contributed by atoms with Crippen LogP contribution in [-0.4, -0.2) is 23.7 Å². The molecule has 1 N–H and O–H groups in total. The molecule has 0 spiro atoms. The van der Waals surface area contributed by atoms with E-state index in [2.05, 4.69) is 4.74 Å². The molecule has 4 heteroatoms. The lowest BCUT2D eigenvalue weighted by molar-refractivity contribution is -0.138. The van der Waals surface area contributed by atoms with Gasteiger partial charge in [-0.1, -0.05) is 6.08 Å². The van der Waals surface area contributed by atoms with E-state index in [4.69, 9.17) is 5.11 Å². The fourth-order valence-electron chi connectivity index (χ4n) is 0.908. The number of ether oxygens (including phenoxy) is 1. The quantitative estimate of drug-likeness (QED) is 0.386. The summed E-state index contributed by atoms with van der Waals surface area (Å²) in [7, 11) is 0. The summed E-state index contributed by atoms with van der Waals surface area (Å²) in [5.41, 5.74) is 0. The Balaban J connectivity index is 3.35. The third-order valence-corrected chi connectivity index (χ3v) is 1.55. The van der Waals surface area contributed by atoms with Gasteiger partial charge in [-0.2, -0.15) is 0 Å². The second-order valence-electron chi connectivity index (χ2n) is 2.79. The molecular formula is C10H16O4. The van der Waals surface area contributed by atoms with Crippen LogP contribution in [0.4, 0.5) is 0 Å². The van der Waals surface area contributed by atoms with Crippen molar-refractivity contribution >= 4 is 11.9 Å². The smallest absolute Gasteiger partial charge is 0.330 e. The Hall–Kier alpha value is -1.32. The number of rotatable bonds is 7. The molecule has 80 valence electrons. The van der Waals surface area contributed by atoms with E-state index >= 15 is 0 Å². The number of aliphatic carboxylic acids is 1. The lowest BCUT2D eigenvalue weighted by Crippen LogP contribution is -1.98. The first-order valence-corrected chi connectivity index (χ1v) is 4.72. The van der Waals surface area contributed by atoms with Crippen LogP contribution in [0.3, 0.4) is 0 Å². The predicted molar refractivity (Wildman–Crippen MR) is 51.9 cm³/mol. The summed E-state index contributed by atoms with van der Waals surface area (Å²) in [6, 6.07) is 0. The van der Waals surface area contributed by atoms with Gasteiger partial charge in [-0.3, -0.25) is 4.79 Å². The molecule has 0 aliphatic rings. The van der Waals surface area contributed by atoms with Gasteiger partial charge in [0.25, 0.3) is 0 Å². The zero-order valence-corrected chi connectivity index (χ0v) is 8.36. The maximum atomic E-state index is 10.8. The van der Waals surface area contributed by atoms with Gasteiger partial charge in [0.1, 0.15) is 0 Å². The van der Waals surface area contributed by atoms with Crippen LogP contribution in [0.15, 0.2) is 12.2 Å². The highest BCUT2D eigenvalue weighted by atomic mass is 16.5. The monoisotopic (exact) mass is 200 g/mol. The Morgan fingerprint density at radius 2 is 2.07 bits per heavy atom. The molecular weight excluding hydrogens is 184 g/mol. The average molecular weight is 200 g/mol. The van der Waals surface area contributed by atoms with E-state index in [0.29, 0.717) is 19.4 Å². The van der Waals surface area contributed by atoms with Gasteiger partial charge in [-0.25, -0.2) is 4.79 Å². The molecule has 0 saturated carbocycles. The summed E-state index contributed by atoms with van der Waals surface area (Å²) in [6.07, 6.45) is 5.41. The summed E-state index contributed by atoms with van der Waals surface area (Å²) in [6.45, 7) is 2.13. The highest BCUT2D eigenvalue weighted by Crippen LogP contribution is 2.00. The van der Waals surface area contributed by atoms with Gasteiger partial charge in [0, 0.05) is 12.5 Å². The SMILES string of the molecule is CCOC(=O)/C=C/CCCCC(=O)O. The highest BCUT2D eigenvalue weighted by Gasteiger charge is 1.95. The first-order chi connectivity index (χ1) is 6.66. The fraction of sp³-hybridized carbons (Fsp3) is 0.600. The van der Waals surface area contributed by atoms with Gasteiger partial charge in [-0.05, 0) is 26.2 Å². The standard InChI is InChI=1S/C10H16O4/c1-2-14-10(13)8-6-4-3-5-7-9(11)12/h6,8H,2-5,7H2,1H3,(H,11,12)/b8-6+. The van der Waals surface area contributed by atoms with Gasteiger partial charge < -0.3 is 9.84 Å². The number of hydrogen-bond donors (Lipinski definition) is 1. The number of carbonyl (C=O) groups excluding carboxylic acids is 1. The van der Waals surface area contributed by atoms with E-state index in [-0.39, 0.29) is 12.4 Å². The van der Waals surface area contributed by atoms with Gasteiger partial charge in [0.2, 0.25) is 0 Å². The Bertz CT molecular complexity index is 208. The highest BCUT2D eigenvalue weighted by molar-refractivity contribution is 5.81. The molecule has 0 radical (unpaired) electrons. The van der Waals surface area contributed by atoms with Gasteiger partial charge in [0.05, 0.1) is 6.61 Å². The van der Waals surface area contributed by atoms with Crippen LogP contribution < -0.4 is 0 Å². The van der Waals surface area contributed by atoms with Crippen LogP contribution >= 0.6 is 0 Å². The molecule has 4 nitrogen and oxygen atoms in total. The number of hydrogen-bond acceptors (Lipinski definition) is 3. The Kier molecular flexibility index (Phi) is 7.50. The van der Waals surface area contributed by atoms with Crippen LogP contribution in [0.1, 0.15) is 32.6 Å². The van der Waals surface area contributed by atoms with Crippen LogP contribution in [-0.2, 0) is 14.3 Å². The van der Waals surface area contributed by atoms with Crippen molar-refractivity contribution in [3.8, 4) is 0 Å². The van der Waals surface area contributed by atoms with E-state index in [0.717, 1.165) is 6.42 Å². The van der Waals surface area contributed by atoms with Gasteiger partial charge in [0.15, 0.2) is 0 Å². The lowest BCUT2D eigenvalue weighted by atomic mass is 10.2. The second-order valence-corrected chi connectivity index (χ2v) is 2.79. The van der Waals surface area contributed by atoms with Crippen molar-refractivity contribution in [2.24, 2.45) is 0 Å². The maximum Gasteiger partial charge on any atom is 0.330 e. The van der Waals surface area contributed by atoms with Crippen molar-refractivity contribution in [3.05, 3.63) is 12.2 Å². The molecule has 0 aromatic rings. The minimum atomic E-state index is -0.778. The van der Waals surface area contributed by atoms with Crippen molar-refractivity contribution in [3.63, 3.8) is 0 Å². The summed E-state index contributed by atoms with van der Waals surface area (Å²) in [5, 5.41) is 8.34. The average Bonchev–Trinajstić information content (AvgIpc) is 2.11. The molecule has 0 bridgehead atoms. The molecule has 0 rings (SSSR count). The molecule has 0 aromatic heterocycles. The van der Waals surface area contributed by atoms with Crippen LogP contribution in [0, 0.1) is 0 Å². The number of carboxylic acids is 1. The molecule has 0 aliphatic carbocycles. The van der Waals surface area contributed by atoms with E-state index in [1.165, 1.54) is 6.08 Å². The summed E-state index contributed by atoms with van der Waals surface area (Å²) >= 11 is 0. The van der Waals surface area contributed by atoms with E-state index in [9.17, 15) is 9.59 Å². The first kappa shape index (κ1) is 12.7. The molecule has 0 atom stereocenters. The fourth-order valence-corrected chi connectivity index (χ4v) is 0.908. The van der Waals surface area contributed by atoms with Crippen LogP contribution in [0.5, 0.6) is 0 Å². The normalized spacial score (nSPS) is 10.4. The van der Waals surface area contributed by atoms with Crippen LogP contribution in [0.2, 0.25) is 0 Å². The number of carboxylic acid groups (broad SMARTS) is 1. The summed E-state index contributed by atoms with van der Waals surface area (Å²) < 4.78 is 4.67. The van der Waals surface area contributed by atoms with Gasteiger partial charge >= 0.3 is 11.9 Å². The van der Waals surface area contributed by atoms with Gasteiger partial charge in [-0.15, -0.1) is 0 Å². The van der Waals surface area contributed by atoms with E-state index in [1.807, 2.05) is 0 Å². The first-order valence-electron chi connectivity index (χ1n) is 4.72. The van der Waals surface area contributed by atoms with E-state index in [1.54, 1.807) is 13.0 Å². The van der Waals surface area contributed by atoms with Crippen molar-refractivity contribution in [1.29, 1.82) is 0 Å². The molecule has 0 fully saturated rings. The number of unbranched alkanes of at least 4 members (excludes halogenated alkanes) is 2. The summed E-state index contributed by atoms with van der Waals surface area (Å²) in [5.74, 6) is -1.12. The zero-order valence-electron chi connectivity index (χ0n) is 8.36. The van der Waals surface area contributed by atoms with Crippen LogP contribution in [0.25, 0.3) is 0 Å². The molecule has 0 aromatic carbocycles. The lowest BCUT2D eigenvalue weighted by Gasteiger charge is -1.95. The van der Waals surface area contributed by atoms with E-state index < -0.39 is 5.97 Å². The minimum Gasteiger partial charge on any atom is -0.481 e. The van der Waals surface area contributed by atoms with Crippen molar-refractivity contribution in [1.82, 2.24) is 0 Å². The Labute approximate surface area is 83.6 Å². The minimum absolute atomic E-state index is 0.188. The van der Waals surface area contributed by atoms with Crippen molar-refractivity contribution in [2.75, 3.05) is 6.61 Å². The molecule has 0 heterocycles. The molecule has 14 heavy (non-hydrogen) atoms. The van der Waals surface area contributed by atoms with Crippen molar-refractivity contribution in [2.45, 2.75) is 32.6 Å². The second kappa shape index (κ2) is 8.29. The Morgan fingerprint density at radius 3 is 2.64 bits per heavy atom. The maximum absolute atomic E-state index is 10.8. The molecule has 0 unspecified atom stereocenters. The molecule has 0 saturated heterocycles. The third-order valence-electron chi connectivity index (χ3n) is 1.55. The topological polar surface area (TPSA) is 63.6 Å². The van der Waals surface area contributed by atoms with Crippen molar-refractivity contribution < 1.29 is 19.4 Å². The Morgan fingerprint density at radius 1 is 1.36 bits per heavy atom. The predicted octanol–water partition coefficient (Wildman–Crippen LogP) is 1.75. The number of esters is 1.